The van der Waals surface area contributed by atoms with E-state index in [1.165, 1.54) is 20.2 Å². The van der Waals surface area contributed by atoms with Crippen molar-refractivity contribution in [2.24, 2.45) is 0 Å². The van der Waals surface area contributed by atoms with Crippen molar-refractivity contribution < 1.29 is 14.3 Å². The van der Waals surface area contributed by atoms with Gasteiger partial charge < -0.3 is 10.1 Å². The van der Waals surface area contributed by atoms with Gasteiger partial charge in [-0.1, -0.05) is 12.2 Å². The van der Waals surface area contributed by atoms with E-state index in [1.807, 2.05) is 0 Å². The monoisotopic (exact) mass is 215 g/mol. The van der Waals surface area contributed by atoms with E-state index in [1.54, 1.807) is 6.92 Å². The fourth-order valence-electron chi connectivity index (χ4n) is 0.694. The molecule has 0 aromatic heterocycles. The molecule has 0 saturated carbocycles. The van der Waals surface area contributed by atoms with Crippen LogP contribution in [0.5, 0.6) is 0 Å². The summed E-state index contributed by atoms with van der Waals surface area (Å²) >= 11 is 4.76. The molecule has 1 N–H and O–H groups in total. The summed E-state index contributed by atoms with van der Waals surface area (Å²) in [6.07, 6.45) is 1.39. The lowest BCUT2D eigenvalue weighted by atomic mass is 10.1. The molecule has 0 bridgehead atoms. The van der Waals surface area contributed by atoms with Gasteiger partial charge in [0.15, 0.2) is 5.78 Å². The number of methoxy groups -OCH3 is 1. The third kappa shape index (κ3) is 5.42. The Morgan fingerprint density at radius 2 is 2.00 bits per heavy atom. The highest BCUT2D eigenvalue weighted by atomic mass is 32.1. The number of ketones is 1. The van der Waals surface area contributed by atoms with Crippen LogP contribution in [0.3, 0.4) is 0 Å². The number of hydrogen-bond acceptors (Lipinski definition) is 4. The van der Waals surface area contributed by atoms with Gasteiger partial charge in [0.1, 0.15) is 0 Å². The predicted octanol–water partition coefficient (Wildman–Crippen LogP) is 0.959. The van der Waals surface area contributed by atoms with Gasteiger partial charge in [0, 0.05) is 11.8 Å². The summed E-state index contributed by atoms with van der Waals surface area (Å²) in [6.45, 7) is 3.07. The molecule has 0 saturated heterocycles. The Morgan fingerprint density at radius 3 is 2.36 bits per heavy atom. The maximum atomic E-state index is 11.0. The summed E-state index contributed by atoms with van der Waals surface area (Å²) in [4.78, 5) is 22.5. The van der Waals surface area contributed by atoms with E-state index in [4.69, 9.17) is 12.2 Å². The quantitative estimate of drug-likeness (QED) is 0.430. The zero-order chi connectivity index (χ0) is 11.1. The Hall–Kier alpha value is -1.23. The molecule has 0 aliphatic heterocycles. The lowest BCUT2D eigenvalue weighted by Crippen LogP contribution is -2.15. The fraction of sp³-hybridized carbons (Fsp3) is 0.444. The van der Waals surface area contributed by atoms with Crippen LogP contribution < -0.4 is 5.32 Å². The van der Waals surface area contributed by atoms with E-state index in [9.17, 15) is 9.59 Å². The Bertz CT molecular complexity index is 284. The molecule has 5 heteroatoms. The van der Waals surface area contributed by atoms with Crippen LogP contribution in [0.4, 0.5) is 0 Å². The third-order valence-electron chi connectivity index (χ3n) is 1.46. The minimum absolute atomic E-state index is 0.0402. The normalized spacial score (nSPS) is 10.6. The molecular weight excluding hydrogens is 202 g/mol. The topological polar surface area (TPSA) is 55.4 Å². The number of nitrogens with one attached hydrogen (secondary N) is 1. The molecule has 0 unspecified atom stereocenters. The van der Waals surface area contributed by atoms with E-state index >= 15 is 0 Å². The molecule has 0 aliphatic carbocycles. The maximum absolute atomic E-state index is 11.0. The first-order valence-electron chi connectivity index (χ1n) is 4.01. The summed E-state index contributed by atoms with van der Waals surface area (Å²) in [6, 6.07) is 0. The summed E-state index contributed by atoms with van der Waals surface area (Å²) in [5, 5.41) is 2.70. The van der Waals surface area contributed by atoms with E-state index in [0.717, 1.165) is 0 Å². The lowest BCUT2D eigenvalue weighted by Gasteiger charge is -2.03. The Kier molecular flexibility index (Phi) is 5.71. The second kappa shape index (κ2) is 6.26. The second-order valence-electron chi connectivity index (χ2n) is 2.68. The largest absolute Gasteiger partial charge is 0.469 e. The first-order chi connectivity index (χ1) is 6.47. The number of carbonyl (C=O) groups is 2. The van der Waals surface area contributed by atoms with Gasteiger partial charge in [0.05, 0.1) is 18.5 Å². The third-order valence-corrected chi connectivity index (χ3v) is 1.58. The van der Waals surface area contributed by atoms with Crippen molar-refractivity contribution >= 4 is 29.0 Å². The minimum atomic E-state index is -0.449. The number of rotatable bonds is 4. The van der Waals surface area contributed by atoms with Crippen molar-refractivity contribution in [3.8, 4) is 0 Å². The molecule has 0 spiro atoms. The molecule has 0 atom stereocenters. The van der Waals surface area contributed by atoms with Gasteiger partial charge in [-0.25, -0.2) is 0 Å². The smallest absolute Gasteiger partial charge is 0.310 e. The average Bonchev–Trinajstić information content (AvgIpc) is 2.10. The van der Waals surface area contributed by atoms with Crippen molar-refractivity contribution in [2.75, 3.05) is 7.11 Å². The number of ether oxygens (including phenoxy) is 1. The van der Waals surface area contributed by atoms with Gasteiger partial charge in [0.25, 0.3) is 0 Å². The van der Waals surface area contributed by atoms with Gasteiger partial charge in [0.2, 0.25) is 0 Å². The molecule has 4 nitrogen and oxygen atoms in total. The number of esters is 1. The highest BCUT2D eigenvalue weighted by Gasteiger charge is 2.09. The molecule has 0 rings (SSSR count). The van der Waals surface area contributed by atoms with Crippen molar-refractivity contribution in [3.63, 3.8) is 0 Å². The molecule has 0 fully saturated rings. The molecule has 0 aromatic carbocycles. The fourth-order valence-corrected chi connectivity index (χ4v) is 0.752. The summed E-state index contributed by atoms with van der Waals surface area (Å²) < 4.78 is 4.45. The van der Waals surface area contributed by atoms with Crippen LogP contribution in [0.1, 0.15) is 20.3 Å². The van der Waals surface area contributed by atoms with Gasteiger partial charge in [-0.15, -0.1) is 0 Å². The summed E-state index contributed by atoms with van der Waals surface area (Å²) in [5.41, 5.74) is 0.348. The SMILES string of the molecule is COC(=O)C/C(=C/NC(C)=S)C(C)=O. The zero-order valence-electron chi connectivity index (χ0n) is 8.42. The summed E-state index contributed by atoms with van der Waals surface area (Å²) in [7, 11) is 1.28. The van der Waals surface area contributed by atoms with Crippen LogP contribution in [-0.2, 0) is 14.3 Å². The molecule has 78 valence electrons. The van der Waals surface area contributed by atoms with Crippen molar-refractivity contribution in [1.82, 2.24) is 5.32 Å². The zero-order valence-corrected chi connectivity index (χ0v) is 9.23. The van der Waals surface area contributed by atoms with Crippen LogP contribution in [0.15, 0.2) is 11.8 Å². The van der Waals surface area contributed by atoms with Gasteiger partial charge in [-0.3, -0.25) is 9.59 Å². The van der Waals surface area contributed by atoms with Crippen molar-refractivity contribution in [1.29, 1.82) is 0 Å². The number of thiocarbonyl (C=S) groups is 1. The van der Waals surface area contributed by atoms with E-state index in [2.05, 4.69) is 10.1 Å². The van der Waals surface area contributed by atoms with Gasteiger partial charge >= 0.3 is 5.97 Å². The van der Waals surface area contributed by atoms with E-state index in [0.29, 0.717) is 10.6 Å². The van der Waals surface area contributed by atoms with Gasteiger partial charge in [-0.05, 0) is 13.8 Å². The second-order valence-corrected chi connectivity index (χ2v) is 3.29. The van der Waals surface area contributed by atoms with Gasteiger partial charge in [-0.2, -0.15) is 0 Å². The number of hydrogen-bond donors (Lipinski definition) is 1. The summed E-state index contributed by atoms with van der Waals surface area (Å²) in [5.74, 6) is -0.630. The molecule has 0 aromatic rings. The number of Topliss-reactive ketones (excluding diaryl/α,β-unsaturated/α-hetero) is 1. The number of carbonyl (C=O) groups excluding carboxylic acids is 2. The molecule has 0 aliphatic rings. The van der Waals surface area contributed by atoms with E-state index < -0.39 is 5.97 Å². The molecule has 14 heavy (non-hydrogen) atoms. The minimum Gasteiger partial charge on any atom is -0.469 e. The van der Waals surface area contributed by atoms with Crippen LogP contribution in [0.25, 0.3) is 0 Å². The Labute approximate surface area is 88.3 Å². The first-order valence-corrected chi connectivity index (χ1v) is 4.42. The predicted molar refractivity (Wildman–Crippen MR) is 56.8 cm³/mol. The maximum Gasteiger partial charge on any atom is 0.310 e. The first kappa shape index (κ1) is 12.8. The average molecular weight is 215 g/mol. The van der Waals surface area contributed by atoms with Crippen LogP contribution in [-0.4, -0.2) is 23.9 Å². The Balaban J connectivity index is 4.44. The van der Waals surface area contributed by atoms with Crippen LogP contribution >= 0.6 is 12.2 Å². The molecule has 0 radical (unpaired) electrons. The van der Waals surface area contributed by atoms with Crippen molar-refractivity contribution in [2.45, 2.75) is 20.3 Å². The molecular formula is C9H13NO3S. The molecule has 0 heterocycles. The highest BCUT2D eigenvalue weighted by Crippen LogP contribution is 2.02. The lowest BCUT2D eigenvalue weighted by molar-refractivity contribution is -0.140. The Morgan fingerprint density at radius 1 is 1.43 bits per heavy atom. The standard InChI is InChI=1S/C9H13NO3S/c1-6(11)8(4-9(12)13-3)5-10-7(2)14/h5H,4H2,1-3H3,(H,10,14)/b8-5-. The van der Waals surface area contributed by atoms with Crippen LogP contribution in [0, 0.1) is 0 Å². The van der Waals surface area contributed by atoms with Crippen LogP contribution in [0.2, 0.25) is 0 Å². The highest BCUT2D eigenvalue weighted by molar-refractivity contribution is 7.80. The van der Waals surface area contributed by atoms with E-state index in [-0.39, 0.29) is 12.2 Å². The van der Waals surface area contributed by atoms with Crippen molar-refractivity contribution in [3.05, 3.63) is 11.8 Å². The molecule has 0 amide bonds.